The van der Waals surface area contributed by atoms with Gasteiger partial charge in [0.15, 0.2) is 6.29 Å². The molecule has 132 valence electrons. The first-order valence-corrected chi connectivity index (χ1v) is 8.58. The predicted octanol–water partition coefficient (Wildman–Crippen LogP) is 2.29. The van der Waals surface area contributed by atoms with Crippen molar-refractivity contribution in [2.75, 3.05) is 51.3 Å². The third-order valence-corrected chi connectivity index (χ3v) is 4.70. The summed E-state index contributed by atoms with van der Waals surface area (Å²) in [6.07, 6.45) is 0.925. The minimum absolute atomic E-state index is 0.178. The van der Waals surface area contributed by atoms with Gasteiger partial charge in [0.1, 0.15) is 5.75 Å². The second-order valence-corrected chi connectivity index (χ2v) is 6.11. The number of aliphatic hydroxyl groups excluding tert-OH is 1. The van der Waals surface area contributed by atoms with Crippen molar-refractivity contribution >= 4 is 12.0 Å². The van der Waals surface area contributed by atoms with E-state index in [-0.39, 0.29) is 6.61 Å². The van der Waals surface area contributed by atoms with E-state index < -0.39 is 0 Å². The van der Waals surface area contributed by atoms with E-state index >= 15 is 0 Å². The zero-order valence-corrected chi connectivity index (χ0v) is 14.5. The number of piperazine rings is 1. The summed E-state index contributed by atoms with van der Waals surface area (Å²) in [6, 6.07) is 13.7. The van der Waals surface area contributed by atoms with Crippen molar-refractivity contribution < 1.29 is 14.6 Å². The smallest absolute Gasteiger partial charge is 0.152 e. The van der Waals surface area contributed by atoms with E-state index in [4.69, 9.17) is 9.84 Å². The lowest BCUT2D eigenvalue weighted by molar-refractivity contribution is 0.112. The van der Waals surface area contributed by atoms with Crippen LogP contribution in [0.25, 0.3) is 11.1 Å². The van der Waals surface area contributed by atoms with E-state index in [0.29, 0.717) is 12.1 Å². The first-order valence-electron chi connectivity index (χ1n) is 8.58. The van der Waals surface area contributed by atoms with Crippen molar-refractivity contribution in [2.24, 2.45) is 0 Å². The number of ether oxygens (including phenoxy) is 1. The van der Waals surface area contributed by atoms with Crippen LogP contribution in [0, 0.1) is 0 Å². The van der Waals surface area contributed by atoms with Gasteiger partial charge in [0, 0.05) is 49.4 Å². The summed E-state index contributed by atoms with van der Waals surface area (Å²) in [5.74, 6) is 0.797. The molecule has 5 nitrogen and oxygen atoms in total. The summed E-state index contributed by atoms with van der Waals surface area (Å²) in [6.45, 7) is 4.28. The molecule has 0 saturated carbocycles. The molecule has 0 atom stereocenters. The molecule has 0 bridgehead atoms. The van der Waals surface area contributed by atoms with Crippen LogP contribution in [-0.4, -0.2) is 62.7 Å². The molecule has 0 unspecified atom stereocenters. The zero-order chi connectivity index (χ0) is 17.6. The molecule has 1 saturated heterocycles. The molecule has 1 aliphatic rings. The second-order valence-electron chi connectivity index (χ2n) is 6.11. The Morgan fingerprint density at radius 2 is 1.76 bits per heavy atom. The van der Waals surface area contributed by atoms with Crippen molar-refractivity contribution in [3.8, 4) is 16.9 Å². The van der Waals surface area contributed by atoms with Gasteiger partial charge in [0.25, 0.3) is 0 Å². The van der Waals surface area contributed by atoms with Crippen LogP contribution in [-0.2, 0) is 0 Å². The van der Waals surface area contributed by atoms with Crippen LogP contribution in [0.1, 0.15) is 10.4 Å². The van der Waals surface area contributed by atoms with Crippen molar-refractivity contribution in [3.63, 3.8) is 0 Å². The van der Waals surface area contributed by atoms with E-state index in [9.17, 15) is 4.79 Å². The molecule has 0 spiro atoms. The van der Waals surface area contributed by atoms with Crippen LogP contribution in [0.2, 0.25) is 0 Å². The third kappa shape index (κ3) is 3.67. The van der Waals surface area contributed by atoms with Gasteiger partial charge < -0.3 is 14.7 Å². The highest BCUT2D eigenvalue weighted by Crippen LogP contribution is 2.38. The molecule has 2 aromatic carbocycles. The largest absolute Gasteiger partial charge is 0.496 e. The highest BCUT2D eigenvalue weighted by Gasteiger charge is 2.22. The summed E-state index contributed by atoms with van der Waals surface area (Å²) >= 11 is 0. The van der Waals surface area contributed by atoms with E-state index in [1.807, 2.05) is 42.5 Å². The average molecular weight is 340 g/mol. The average Bonchev–Trinajstić information content (AvgIpc) is 2.68. The first-order chi connectivity index (χ1) is 12.3. The molecular weight excluding hydrogens is 316 g/mol. The van der Waals surface area contributed by atoms with Gasteiger partial charge in [-0.05, 0) is 12.1 Å². The summed E-state index contributed by atoms with van der Waals surface area (Å²) in [7, 11) is 1.66. The molecule has 0 radical (unpaired) electrons. The molecule has 1 heterocycles. The Morgan fingerprint density at radius 3 is 2.44 bits per heavy atom. The van der Waals surface area contributed by atoms with Gasteiger partial charge in [0.2, 0.25) is 0 Å². The van der Waals surface area contributed by atoms with Crippen LogP contribution in [0.4, 0.5) is 5.69 Å². The number of rotatable bonds is 6. The Labute approximate surface area is 148 Å². The van der Waals surface area contributed by atoms with Gasteiger partial charge in [-0.15, -0.1) is 0 Å². The molecule has 0 amide bonds. The van der Waals surface area contributed by atoms with Crippen molar-refractivity contribution in [1.82, 2.24) is 4.90 Å². The maximum Gasteiger partial charge on any atom is 0.152 e. The standard InChI is InChI=1S/C20H24N2O3/c1-25-19-8-3-2-6-17(19)18-7-4-5-16(15-24)20(18)22-11-9-21(10-12-22)13-14-23/h2-8,15,23H,9-14H2,1H3. The Bertz CT molecular complexity index is 725. The van der Waals surface area contributed by atoms with Crippen molar-refractivity contribution in [1.29, 1.82) is 0 Å². The number of hydrogen-bond acceptors (Lipinski definition) is 5. The minimum Gasteiger partial charge on any atom is -0.496 e. The maximum absolute atomic E-state index is 11.7. The van der Waals surface area contributed by atoms with E-state index in [0.717, 1.165) is 55.0 Å². The lowest BCUT2D eigenvalue weighted by Crippen LogP contribution is -2.47. The van der Waals surface area contributed by atoms with Gasteiger partial charge in [-0.1, -0.05) is 30.3 Å². The number of aliphatic hydroxyl groups is 1. The lowest BCUT2D eigenvalue weighted by atomic mass is 9.98. The Morgan fingerprint density at radius 1 is 1.04 bits per heavy atom. The minimum atomic E-state index is 0.178. The van der Waals surface area contributed by atoms with Crippen LogP contribution < -0.4 is 9.64 Å². The molecule has 1 aliphatic heterocycles. The number of aldehydes is 1. The SMILES string of the molecule is COc1ccccc1-c1cccc(C=O)c1N1CCN(CCO)CC1. The van der Waals surface area contributed by atoms with Gasteiger partial charge >= 0.3 is 0 Å². The number of nitrogens with zero attached hydrogens (tertiary/aromatic N) is 2. The van der Waals surface area contributed by atoms with Gasteiger partial charge in [0.05, 0.1) is 19.4 Å². The summed E-state index contributed by atoms with van der Waals surface area (Å²) < 4.78 is 5.52. The number of benzene rings is 2. The number of carbonyl (C=O) groups excluding carboxylic acids is 1. The van der Waals surface area contributed by atoms with Crippen molar-refractivity contribution in [2.45, 2.75) is 0 Å². The predicted molar refractivity (Wildman–Crippen MR) is 99.6 cm³/mol. The molecule has 0 aromatic heterocycles. The number of carbonyl (C=O) groups is 1. The highest BCUT2D eigenvalue weighted by atomic mass is 16.5. The molecule has 1 fully saturated rings. The Hall–Kier alpha value is -2.37. The molecule has 5 heteroatoms. The van der Waals surface area contributed by atoms with Crippen molar-refractivity contribution in [3.05, 3.63) is 48.0 Å². The number of para-hydroxylation sites is 2. The summed E-state index contributed by atoms with van der Waals surface area (Å²) in [4.78, 5) is 16.2. The normalized spacial score (nSPS) is 15.2. The molecule has 2 aromatic rings. The lowest BCUT2D eigenvalue weighted by Gasteiger charge is -2.37. The molecular formula is C20H24N2O3. The van der Waals surface area contributed by atoms with Crippen LogP contribution in [0.3, 0.4) is 0 Å². The number of β-amino-alcohol motifs (C(OH)–C–C–N with tert-alkyl or cyclic N) is 1. The third-order valence-electron chi connectivity index (χ3n) is 4.70. The summed E-state index contributed by atoms with van der Waals surface area (Å²) in [5.41, 5.74) is 3.66. The van der Waals surface area contributed by atoms with E-state index in [1.165, 1.54) is 0 Å². The molecule has 0 aliphatic carbocycles. The second kappa shape index (κ2) is 8.14. The number of methoxy groups -OCH3 is 1. The fraction of sp³-hybridized carbons (Fsp3) is 0.350. The van der Waals surface area contributed by atoms with Gasteiger partial charge in [-0.25, -0.2) is 0 Å². The monoisotopic (exact) mass is 340 g/mol. The molecule has 25 heavy (non-hydrogen) atoms. The number of anilines is 1. The fourth-order valence-electron chi connectivity index (χ4n) is 3.43. The highest BCUT2D eigenvalue weighted by molar-refractivity contribution is 5.94. The van der Waals surface area contributed by atoms with E-state index in [1.54, 1.807) is 7.11 Å². The van der Waals surface area contributed by atoms with Gasteiger partial charge in [-0.2, -0.15) is 0 Å². The van der Waals surface area contributed by atoms with Crippen LogP contribution >= 0.6 is 0 Å². The quantitative estimate of drug-likeness (QED) is 0.818. The van der Waals surface area contributed by atoms with Gasteiger partial charge in [-0.3, -0.25) is 9.69 Å². The Kier molecular flexibility index (Phi) is 5.68. The van der Waals surface area contributed by atoms with Crippen LogP contribution in [0.5, 0.6) is 5.75 Å². The van der Waals surface area contributed by atoms with E-state index in [2.05, 4.69) is 9.80 Å². The topological polar surface area (TPSA) is 53.0 Å². The zero-order valence-electron chi connectivity index (χ0n) is 14.5. The number of hydrogen-bond donors (Lipinski definition) is 1. The summed E-state index contributed by atoms with van der Waals surface area (Å²) in [5, 5.41) is 9.12. The van der Waals surface area contributed by atoms with Crippen LogP contribution in [0.15, 0.2) is 42.5 Å². The first kappa shape index (κ1) is 17.5. The maximum atomic E-state index is 11.7. The fourth-order valence-corrected chi connectivity index (χ4v) is 3.43. The molecule has 1 N–H and O–H groups in total. The molecule has 3 rings (SSSR count). The Balaban J connectivity index is 2.00.